The molecule has 0 unspecified atom stereocenters. The van der Waals surface area contributed by atoms with Gasteiger partial charge in [-0.15, -0.1) is 0 Å². The molecule has 0 atom stereocenters. The van der Waals surface area contributed by atoms with Crippen molar-refractivity contribution in [3.05, 3.63) is 69.6 Å². The number of aliphatic hydroxyl groups is 1. The topological polar surface area (TPSA) is 38.0 Å². The molecule has 6 heteroatoms. The summed E-state index contributed by atoms with van der Waals surface area (Å²) in [5, 5.41) is 14.3. The molecule has 23 heavy (non-hydrogen) atoms. The fraction of sp³-hybridized carbons (Fsp3) is 0.118. The van der Waals surface area contributed by atoms with Gasteiger partial charge in [0.15, 0.2) is 0 Å². The van der Waals surface area contributed by atoms with Crippen LogP contribution in [0, 0.1) is 12.7 Å². The lowest BCUT2D eigenvalue weighted by atomic mass is 10.1. The molecule has 1 N–H and O–H groups in total. The quantitative estimate of drug-likeness (QED) is 0.690. The zero-order valence-corrected chi connectivity index (χ0v) is 13.7. The highest BCUT2D eigenvalue weighted by atomic mass is 35.5. The van der Waals surface area contributed by atoms with Crippen molar-refractivity contribution in [2.45, 2.75) is 13.5 Å². The second-order valence-corrected chi connectivity index (χ2v) is 6.01. The van der Waals surface area contributed by atoms with Crippen molar-refractivity contribution in [3.63, 3.8) is 0 Å². The Morgan fingerprint density at radius 2 is 1.96 bits per heavy atom. The average molecular weight is 351 g/mol. The van der Waals surface area contributed by atoms with Crippen molar-refractivity contribution in [2.24, 2.45) is 0 Å². The minimum Gasteiger partial charge on any atom is -0.392 e. The van der Waals surface area contributed by atoms with E-state index >= 15 is 0 Å². The van der Waals surface area contributed by atoms with Crippen molar-refractivity contribution < 1.29 is 9.50 Å². The van der Waals surface area contributed by atoms with Gasteiger partial charge in [0.05, 0.1) is 28.0 Å². The molecule has 1 heterocycles. The standard InChI is InChI=1S/C17H13Cl2FN2O/c1-10-3-2-4-12(5-10)22-8-11(9-23)17(21-22)13-6-16(20)15(19)7-14(13)18/h2-8,23H,9H2,1H3. The number of aromatic nitrogens is 2. The van der Waals surface area contributed by atoms with Crippen molar-refractivity contribution in [1.82, 2.24) is 9.78 Å². The smallest absolute Gasteiger partial charge is 0.142 e. The second kappa shape index (κ2) is 6.32. The largest absolute Gasteiger partial charge is 0.392 e. The van der Waals surface area contributed by atoms with E-state index in [1.165, 1.54) is 12.1 Å². The summed E-state index contributed by atoms with van der Waals surface area (Å²) >= 11 is 11.9. The Balaban J connectivity index is 2.16. The highest BCUT2D eigenvalue weighted by Gasteiger charge is 2.17. The molecule has 0 bridgehead atoms. The zero-order chi connectivity index (χ0) is 16.6. The molecule has 0 saturated heterocycles. The van der Waals surface area contributed by atoms with Crippen LogP contribution in [-0.4, -0.2) is 14.9 Å². The second-order valence-electron chi connectivity index (χ2n) is 5.19. The van der Waals surface area contributed by atoms with E-state index in [9.17, 15) is 9.50 Å². The van der Waals surface area contributed by atoms with E-state index in [2.05, 4.69) is 5.10 Å². The minimum atomic E-state index is -0.583. The summed E-state index contributed by atoms with van der Waals surface area (Å²) in [4.78, 5) is 0. The predicted octanol–water partition coefficient (Wildman–Crippen LogP) is 4.79. The molecule has 3 aromatic rings. The minimum absolute atomic E-state index is 0.0533. The average Bonchev–Trinajstić information content (AvgIpc) is 2.95. The zero-order valence-electron chi connectivity index (χ0n) is 12.2. The molecular weight excluding hydrogens is 338 g/mol. The van der Waals surface area contributed by atoms with E-state index in [0.29, 0.717) is 16.8 Å². The van der Waals surface area contributed by atoms with Crippen LogP contribution in [0.15, 0.2) is 42.6 Å². The summed E-state index contributed by atoms with van der Waals surface area (Å²) in [6, 6.07) is 10.3. The Morgan fingerprint density at radius 1 is 1.17 bits per heavy atom. The monoisotopic (exact) mass is 350 g/mol. The molecule has 3 nitrogen and oxygen atoms in total. The predicted molar refractivity (Wildman–Crippen MR) is 89.6 cm³/mol. The summed E-state index contributed by atoms with van der Waals surface area (Å²) in [5.41, 5.74) is 3.30. The van der Waals surface area contributed by atoms with Crippen LogP contribution in [0.25, 0.3) is 16.9 Å². The number of rotatable bonds is 3. The first-order valence-corrected chi connectivity index (χ1v) is 7.66. The maximum absolute atomic E-state index is 13.8. The van der Waals surface area contributed by atoms with Crippen LogP contribution >= 0.6 is 23.2 Å². The summed E-state index contributed by atoms with van der Waals surface area (Å²) in [6.45, 7) is 1.74. The summed E-state index contributed by atoms with van der Waals surface area (Å²) < 4.78 is 15.4. The number of aliphatic hydroxyl groups excluding tert-OH is 1. The maximum Gasteiger partial charge on any atom is 0.142 e. The molecular formula is C17H13Cl2FN2O. The Hall–Kier alpha value is -1.88. The van der Waals surface area contributed by atoms with Gasteiger partial charge >= 0.3 is 0 Å². The lowest BCUT2D eigenvalue weighted by Crippen LogP contribution is -1.95. The first-order chi connectivity index (χ1) is 11.0. The number of hydrogen-bond donors (Lipinski definition) is 1. The number of hydrogen-bond acceptors (Lipinski definition) is 2. The highest BCUT2D eigenvalue weighted by Crippen LogP contribution is 2.33. The third-order valence-corrected chi connectivity index (χ3v) is 4.09. The van der Waals surface area contributed by atoms with Gasteiger partial charge in [-0.05, 0) is 36.8 Å². The van der Waals surface area contributed by atoms with E-state index in [0.717, 1.165) is 11.3 Å². The summed E-state index contributed by atoms with van der Waals surface area (Å²) in [6.07, 6.45) is 1.70. The molecule has 0 amide bonds. The number of aryl methyl sites for hydroxylation is 1. The normalized spacial score (nSPS) is 11.0. The van der Waals surface area contributed by atoms with Crippen LogP contribution in [0.4, 0.5) is 4.39 Å². The molecule has 3 rings (SSSR count). The first kappa shape index (κ1) is 16.0. The van der Waals surface area contributed by atoms with E-state index in [4.69, 9.17) is 23.2 Å². The molecule has 0 radical (unpaired) electrons. The fourth-order valence-corrected chi connectivity index (χ4v) is 2.83. The number of benzene rings is 2. The highest BCUT2D eigenvalue weighted by molar-refractivity contribution is 6.36. The molecule has 0 spiro atoms. The SMILES string of the molecule is Cc1cccc(-n2cc(CO)c(-c3cc(F)c(Cl)cc3Cl)n2)c1. The van der Waals surface area contributed by atoms with Crippen molar-refractivity contribution >= 4 is 23.2 Å². The Morgan fingerprint density at radius 3 is 2.65 bits per heavy atom. The van der Waals surface area contributed by atoms with Gasteiger partial charge in [-0.3, -0.25) is 0 Å². The fourth-order valence-electron chi connectivity index (χ4n) is 2.36. The van der Waals surface area contributed by atoms with Crippen LogP contribution in [0.2, 0.25) is 10.0 Å². The molecule has 0 aliphatic heterocycles. The Kier molecular flexibility index (Phi) is 4.39. The van der Waals surface area contributed by atoms with Gasteiger partial charge in [0.2, 0.25) is 0 Å². The molecule has 0 aliphatic carbocycles. The van der Waals surface area contributed by atoms with Crippen LogP contribution in [0.1, 0.15) is 11.1 Å². The van der Waals surface area contributed by atoms with Crippen molar-refractivity contribution in [2.75, 3.05) is 0 Å². The van der Waals surface area contributed by atoms with E-state index in [1.54, 1.807) is 10.9 Å². The van der Waals surface area contributed by atoms with Gasteiger partial charge in [-0.25, -0.2) is 9.07 Å². The van der Waals surface area contributed by atoms with Crippen LogP contribution in [-0.2, 0) is 6.61 Å². The van der Waals surface area contributed by atoms with Crippen LogP contribution in [0.5, 0.6) is 0 Å². The Labute approximate surface area is 142 Å². The summed E-state index contributed by atoms with van der Waals surface area (Å²) in [7, 11) is 0. The molecule has 0 aliphatic rings. The van der Waals surface area contributed by atoms with Gasteiger partial charge < -0.3 is 5.11 Å². The van der Waals surface area contributed by atoms with E-state index in [-0.39, 0.29) is 16.7 Å². The lowest BCUT2D eigenvalue weighted by Gasteiger charge is -2.05. The summed E-state index contributed by atoms with van der Waals surface area (Å²) in [5.74, 6) is -0.583. The Bertz CT molecular complexity index is 877. The van der Waals surface area contributed by atoms with Gasteiger partial charge in [-0.2, -0.15) is 5.10 Å². The maximum atomic E-state index is 13.8. The van der Waals surface area contributed by atoms with E-state index < -0.39 is 5.82 Å². The molecule has 2 aromatic carbocycles. The van der Waals surface area contributed by atoms with Gasteiger partial charge in [0, 0.05) is 17.3 Å². The lowest BCUT2D eigenvalue weighted by molar-refractivity contribution is 0.282. The number of nitrogens with zero attached hydrogens (tertiary/aromatic N) is 2. The molecule has 0 fully saturated rings. The van der Waals surface area contributed by atoms with E-state index in [1.807, 2.05) is 31.2 Å². The van der Waals surface area contributed by atoms with Crippen molar-refractivity contribution in [3.8, 4) is 16.9 Å². The third-order valence-electron chi connectivity index (χ3n) is 3.49. The molecule has 1 aromatic heterocycles. The van der Waals surface area contributed by atoms with Crippen molar-refractivity contribution in [1.29, 1.82) is 0 Å². The molecule has 118 valence electrons. The number of halogens is 3. The van der Waals surface area contributed by atoms with Crippen LogP contribution < -0.4 is 0 Å². The van der Waals surface area contributed by atoms with Gasteiger partial charge in [0.1, 0.15) is 5.82 Å². The van der Waals surface area contributed by atoms with Gasteiger partial charge in [0.25, 0.3) is 0 Å². The third kappa shape index (κ3) is 3.11. The van der Waals surface area contributed by atoms with Crippen LogP contribution in [0.3, 0.4) is 0 Å². The first-order valence-electron chi connectivity index (χ1n) is 6.91. The molecule has 0 saturated carbocycles. The van der Waals surface area contributed by atoms with Gasteiger partial charge in [-0.1, -0.05) is 35.3 Å².